The van der Waals surface area contributed by atoms with E-state index in [1.165, 1.54) is 30.7 Å². The van der Waals surface area contributed by atoms with Gasteiger partial charge in [0.15, 0.2) is 0 Å². The average molecular weight is 327 g/mol. The van der Waals surface area contributed by atoms with E-state index in [1.54, 1.807) is 12.1 Å². The van der Waals surface area contributed by atoms with Crippen LogP contribution in [0.1, 0.15) is 35.8 Å². The van der Waals surface area contributed by atoms with Crippen LogP contribution in [0.3, 0.4) is 0 Å². The van der Waals surface area contributed by atoms with Crippen molar-refractivity contribution in [3.63, 3.8) is 0 Å². The van der Waals surface area contributed by atoms with Gasteiger partial charge in [-0.3, -0.25) is 4.79 Å². The third-order valence-electron chi connectivity index (χ3n) is 5.07. The Bertz CT molecular complexity index is 760. The number of hydrogen-bond donors (Lipinski definition) is 0. The van der Waals surface area contributed by atoms with Crippen LogP contribution in [0.25, 0.3) is 0 Å². The van der Waals surface area contributed by atoms with Crippen molar-refractivity contribution in [3.05, 3.63) is 53.4 Å². The van der Waals surface area contributed by atoms with Crippen LogP contribution in [-0.2, 0) is 17.8 Å². The lowest BCUT2D eigenvalue weighted by Crippen LogP contribution is -2.50. The lowest BCUT2D eigenvalue weighted by Gasteiger charge is -2.39. The van der Waals surface area contributed by atoms with Crippen LogP contribution in [0.15, 0.2) is 30.5 Å². The minimum absolute atomic E-state index is 0.0638. The lowest BCUT2D eigenvalue weighted by molar-refractivity contribution is -0.135. The SMILES string of the molecule is Cc1cnc(C2CN(C(=O)Cc3cccc(F)c3)C2)n1CC1CC1. The van der Waals surface area contributed by atoms with Crippen LogP contribution in [0.2, 0.25) is 0 Å². The molecule has 2 heterocycles. The Balaban J connectivity index is 1.37. The maximum atomic E-state index is 13.2. The normalized spacial score (nSPS) is 17.8. The van der Waals surface area contributed by atoms with Crippen LogP contribution in [-0.4, -0.2) is 33.4 Å². The topological polar surface area (TPSA) is 38.1 Å². The second-order valence-electron chi connectivity index (χ2n) is 7.11. The fraction of sp³-hybridized carbons (Fsp3) is 0.474. The van der Waals surface area contributed by atoms with Gasteiger partial charge in [-0.25, -0.2) is 9.37 Å². The van der Waals surface area contributed by atoms with Gasteiger partial charge in [-0.15, -0.1) is 0 Å². The van der Waals surface area contributed by atoms with Gasteiger partial charge in [0.05, 0.1) is 12.3 Å². The minimum atomic E-state index is -0.292. The van der Waals surface area contributed by atoms with Crippen molar-refractivity contribution in [1.82, 2.24) is 14.5 Å². The quantitative estimate of drug-likeness (QED) is 0.847. The number of aromatic nitrogens is 2. The molecule has 1 aliphatic carbocycles. The van der Waals surface area contributed by atoms with E-state index in [-0.39, 0.29) is 18.1 Å². The smallest absolute Gasteiger partial charge is 0.227 e. The monoisotopic (exact) mass is 327 g/mol. The Morgan fingerprint density at radius 3 is 2.83 bits per heavy atom. The lowest BCUT2D eigenvalue weighted by atomic mass is 9.97. The Labute approximate surface area is 141 Å². The first-order valence-corrected chi connectivity index (χ1v) is 8.64. The molecule has 126 valence electrons. The number of amides is 1. The molecule has 2 aliphatic rings. The standard InChI is InChI=1S/C19H22FN3O/c1-13-9-21-19(23(13)10-14-5-6-14)16-11-22(12-16)18(24)8-15-3-2-4-17(20)7-15/h2-4,7,9,14,16H,5-6,8,10-12H2,1H3. The molecule has 2 fully saturated rings. The summed E-state index contributed by atoms with van der Waals surface area (Å²) in [4.78, 5) is 18.8. The number of benzene rings is 1. The van der Waals surface area contributed by atoms with Crippen LogP contribution < -0.4 is 0 Å². The van der Waals surface area contributed by atoms with Crippen molar-refractivity contribution < 1.29 is 9.18 Å². The molecular formula is C19H22FN3O. The molecule has 24 heavy (non-hydrogen) atoms. The van der Waals surface area contributed by atoms with Crippen molar-refractivity contribution in [1.29, 1.82) is 0 Å². The predicted octanol–water partition coefficient (Wildman–Crippen LogP) is 2.91. The molecule has 0 atom stereocenters. The molecule has 0 N–H and O–H groups in total. The first-order chi connectivity index (χ1) is 11.6. The van der Waals surface area contributed by atoms with Gasteiger partial charge < -0.3 is 9.47 Å². The fourth-order valence-electron chi connectivity index (χ4n) is 3.38. The molecular weight excluding hydrogens is 305 g/mol. The highest BCUT2D eigenvalue weighted by Gasteiger charge is 2.35. The van der Waals surface area contributed by atoms with Gasteiger partial charge >= 0.3 is 0 Å². The van der Waals surface area contributed by atoms with Crippen LogP contribution >= 0.6 is 0 Å². The molecule has 1 aromatic heterocycles. The zero-order valence-corrected chi connectivity index (χ0v) is 13.9. The summed E-state index contributed by atoms with van der Waals surface area (Å²) >= 11 is 0. The van der Waals surface area contributed by atoms with E-state index in [0.29, 0.717) is 5.92 Å². The first-order valence-electron chi connectivity index (χ1n) is 8.64. The number of likely N-dealkylation sites (tertiary alicyclic amines) is 1. The molecule has 4 rings (SSSR count). The van der Waals surface area contributed by atoms with Crippen molar-refractivity contribution in [2.45, 2.75) is 38.6 Å². The van der Waals surface area contributed by atoms with Crippen molar-refractivity contribution in [3.8, 4) is 0 Å². The first kappa shape index (κ1) is 15.4. The summed E-state index contributed by atoms with van der Waals surface area (Å²) in [5.41, 5.74) is 1.94. The van der Waals surface area contributed by atoms with Crippen molar-refractivity contribution in [2.75, 3.05) is 13.1 Å². The molecule has 0 unspecified atom stereocenters. The van der Waals surface area contributed by atoms with E-state index < -0.39 is 0 Å². The molecule has 1 aliphatic heterocycles. The van der Waals surface area contributed by atoms with Gasteiger partial charge in [-0.05, 0) is 43.4 Å². The van der Waals surface area contributed by atoms with Crippen molar-refractivity contribution in [2.24, 2.45) is 5.92 Å². The number of carbonyl (C=O) groups is 1. The second kappa shape index (κ2) is 6.04. The largest absolute Gasteiger partial charge is 0.341 e. The van der Waals surface area contributed by atoms with E-state index in [4.69, 9.17) is 0 Å². The average Bonchev–Trinajstić information content (AvgIpc) is 3.24. The molecule has 4 nitrogen and oxygen atoms in total. The Kier molecular flexibility index (Phi) is 3.87. The maximum absolute atomic E-state index is 13.2. The molecule has 5 heteroatoms. The minimum Gasteiger partial charge on any atom is -0.341 e. The Morgan fingerprint density at radius 1 is 1.33 bits per heavy atom. The zero-order chi connectivity index (χ0) is 16.7. The summed E-state index contributed by atoms with van der Waals surface area (Å²) in [6.45, 7) is 4.60. The number of hydrogen-bond acceptors (Lipinski definition) is 2. The number of imidazole rings is 1. The maximum Gasteiger partial charge on any atom is 0.227 e. The summed E-state index contributed by atoms with van der Waals surface area (Å²) in [6, 6.07) is 6.27. The molecule has 1 aromatic carbocycles. The van der Waals surface area contributed by atoms with E-state index in [1.807, 2.05) is 11.1 Å². The number of carbonyl (C=O) groups excluding carboxylic acids is 1. The van der Waals surface area contributed by atoms with Gasteiger partial charge in [-0.1, -0.05) is 12.1 Å². The van der Waals surface area contributed by atoms with Crippen LogP contribution in [0, 0.1) is 18.7 Å². The molecule has 2 aromatic rings. The summed E-state index contributed by atoms with van der Waals surface area (Å²) in [7, 11) is 0. The summed E-state index contributed by atoms with van der Waals surface area (Å²) in [5, 5.41) is 0. The number of nitrogens with zero attached hydrogens (tertiary/aromatic N) is 3. The van der Waals surface area contributed by atoms with Gasteiger partial charge in [0.2, 0.25) is 5.91 Å². The molecule has 1 saturated carbocycles. The summed E-state index contributed by atoms with van der Waals surface area (Å²) < 4.78 is 15.5. The fourth-order valence-corrected chi connectivity index (χ4v) is 3.38. The van der Waals surface area contributed by atoms with Crippen LogP contribution in [0.4, 0.5) is 4.39 Å². The Hall–Kier alpha value is -2.17. The van der Waals surface area contributed by atoms with Crippen LogP contribution in [0.5, 0.6) is 0 Å². The highest BCUT2D eigenvalue weighted by Crippen LogP contribution is 2.34. The molecule has 0 radical (unpaired) electrons. The third-order valence-corrected chi connectivity index (χ3v) is 5.07. The molecule has 0 spiro atoms. The summed E-state index contributed by atoms with van der Waals surface area (Å²) in [6.07, 6.45) is 4.84. The Morgan fingerprint density at radius 2 is 2.12 bits per heavy atom. The van der Waals surface area contributed by atoms with Gasteiger partial charge in [0.1, 0.15) is 11.6 Å². The second-order valence-corrected chi connectivity index (χ2v) is 7.11. The summed E-state index contributed by atoms with van der Waals surface area (Å²) in [5.74, 6) is 2.03. The van der Waals surface area contributed by atoms with Gasteiger partial charge in [0.25, 0.3) is 0 Å². The predicted molar refractivity (Wildman–Crippen MR) is 89.1 cm³/mol. The van der Waals surface area contributed by atoms with Gasteiger partial charge in [0, 0.05) is 31.5 Å². The molecule has 1 amide bonds. The molecule has 1 saturated heterocycles. The molecule has 0 bridgehead atoms. The third kappa shape index (κ3) is 3.07. The number of rotatable bonds is 5. The highest BCUT2D eigenvalue weighted by atomic mass is 19.1. The zero-order valence-electron chi connectivity index (χ0n) is 13.9. The van der Waals surface area contributed by atoms with E-state index in [0.717, 1.165) is 36.9 Å². The number of halogens is 1. The highest BCUT2D eigenvalue weighted by molar-refractivity contribution is 5.79. The van der Waals surface area contributed by atoms with E-state index in [9.17, 15) is 9.18 Å². The van der Waals surface area contributed by atoms with Crippen molar-refractivity contribution >= 4 is 5.91 Å². The van der Waals surface area contributed by atoms with Gasteiger partial charge in [-0.2, -0.15) is 0 Å². The van der Waals surface area contributed by atoms with E-state index >= 15 is 0 Å². The van der Waals surface area contributed by atoms with E-state index in [2.05, 4.69) is 16.5 Å². The number of aryl methyl sites for hydroxylation is 1.